The van der Waals surface area contributed by atoms with Gasteiger partial charge in [0.2, 0.25) is 0 Å². The van der Waals surface area contributed by atoms with Crippen molar-refractivity contribution in [3.8, 4) is 0 Å². The predicted molar refractivity (Wildman–Crippen MR) is 68.3 cm³/mol. The molecule has 0 rings (SSSR count). The van der Waals surface area contributed by atoms with Crippen LogP contribution >= 0.6 is 0 Å². The third-order valence-electron chi connectivity index (χ3n) is 1.71. The quantitative estimate of drug-likeness (QED) is 0.733. The summed E-state index contributed by atoms with van der Waals surface area (Å²) in [4.78, 5) is 4.37. The second kappa shape index (κ2) is 5.37. The van der Waals surface area contributed by atoms with Crippen molar-refractivity contribution in [2.24, 2.45) is 10.8 Å². The first-order valence-electron chi connectivity index (χ1n) is 5.69. The standard InChI is InChI=1S/2C5H11O.2CH3.Sn/c2*1-5(2,3)4-6;;;/h2*4H2,1-3H3;2*1H3;/q2*-1;;;+2. The summed E-state index contributed by atoms with van der Waals surface area (Å²) in [5, 5.41) is 0. The second-order valence-electron chi connectivity index (χ2n) is 7.10. The Kier molecular flexibility index (Phi) is 5.62. The van der Waals surface area contributed by atoms with Crippen LogP contribution in [0.25, 0.3) is 0 Å². The van der Waals surface area contributed by atoms with Gasteiger partial charge in [0, 0.05) is 0 Å². The fourth-order valence-electron chi connectivity index (χ4n) is 0.822. The van der Waals surface area contributed by atoms with Crippen LogP contribution in [-0.4, -0.2) is 32.4 Å². The van der Waals surface area contributed by atoms with E-state index < -0.39 is 19.2 Å². The Balaban J connectivity index is 3.98. The number of hydrogen-bond donors (Lipinski definition) is 0. The zero-order valence-corrected chi connectivity index (χ0v) is 14.6. The maximum atomic E-state index is 5.98. The van der Waals surface area contributed by atoms with Gasteiger partial charge in [-0.3, -0.25) is 0 Å². The van der Waals surface area contributed by atoms with E-state index in [0.717, 1.165) is 13.2 Å². The molecule has 0 aromatic carbocycles. The zero-order chi connectivity index (χ0) is 12.3. The molecule has 0 atom stereocenters. The molecule has 92 valence electrons. The molecule has 0 aromatic heterocycles. The minimum atomic E-state index is -2.66. The fraction of sp³-hybridized carbons (Fsp3) is 1.00. The molecule has 0 N–H and O–H groups in total. The van der Waals surface area contributed by atoms with Gasteiger partial charge in [-0.25, -0.2) is 0 Å². The van der Waals surface area contributed by atoms with Crippen LogP contribution in [0.5, 0.6) is 0 Å². The van der Waals surface area contributed by atoms with Gasteiger partial charge in [0.1, 0.15) is 0 Å². The molecular formula is C12H28O2Sn. The molecule has 0 aliphatic heterocycles. The van der Waals surface area contributed by atoms with Crippen LogP contribution in [0.1, 0.15) is 41.5 Å². The van der Waals surface area contributed by atoms with Gasteiger partial charge in [0.15, 0.2) is 0 Å². The van der Waals surface area contributed by atoms with Crippen LogP contribution in [0.3, 0.4) is 0 Å². The van der Waals surface area contributed by atoms with E-state index in [0.29, 0.717) is 0 Å². The van der Waals surface area contributed by atoms with E-state index in [-0.39, 0.29) is 10.8 Å². The van der Waals surface area contributed by atoms with E-state index >= 15 is 0 Å². The molecule has 0 heterocycles. The number of hydrogen-bond acceptors (Lipinski definition) is 2. The summed E-state index contributed by atoms with van der Waals surface area (Å²) in [5.74, 6) is 0. The first-order chi connectivity index (χ1) is 6.41. The van der Waals surface area contributed by atoms with Gasteiger partial charge in [-0.15, -0.1) is 0 Å². The van der Waals surface area contributed by atoms with Crippen molar-refractivity contribution in [3.63, 3.8) is 0 Å². The molecule has 0 fully saturated rings. The first-order valence-corrected chi connectivity index (χ1v) is 13.7. The molecule has 0 amide bonds. The SMILES string of the molecule is CC(C)(C)C[O][Sn]([CH3])([CH3])[O]CC(C)(C)C. The average Bonchev–Trinajstić information content (AvgIpc) is 1.96. The molecule has 2 nitrogen and oxygen atoms in total. The van der Waals surface area contributed by atoms with Crippen molar-refractivity contribution in [2.75, 3.05) is 13.2 Å². The van der Waals surface area contributed by atoms with Crippen molar-refractivity contribution in [1.29, 1.82) is 0 Å². The van der Waals surface area contributed by atoms with Crippen LogP contribution in [0, 0.1) is 10.8 Å². The minimum absolute atomic E-state index is 0.235. The van der Waals surface area contributed by atoms with E-state index in [1.54, 1.807) is 0 Å². The Labute approximate surface area is 101 Å². The topological polar surface area (TPSA) is 18.5 Å². The Morgan fingerprint density at radius 3 is 1.20 bits per heavy atom. The Hall–Kier alpha value is 0.719. The normalized spacial score (nSPS) is 14.4. The summed E-state index contributed by atoms with van der Waals surface area (Å²) < 4.78 is 12.0. The van der Waals surface area contributed by atoms with Crippen molar-refractivity contribution in [3.05, 3.63) is 0 Å². The Bertz CT molecular complexity index is 167. The van der Waals surface area contributed by atoms with Crippen LogP contribution in [0.4, 0.5) is 0 Å². The first kappa shape index (κ1) is 15.7. The van der Waals surface area contributed by atoms with Crippen LogP contribution in [0.15, 0.2) is 0 Å². The van der Waals surface area contributed by atoms with Crippen molar-refractivity contribution < 1.29 is 6.15 Å². The number of rotatable bonds is 4. The summed E-state index contributed by atoms with van der Waals surface area (Å²) in [7, 11) is 0. The summed E-state index contributed by atoms with van der Waals surface area (Å²) in [6.45, 7) is 14.8. The van der Waals surface area contributed by atoms with E-state index in [9.17, 15) is 0 Å². The van der Waals surface area contributed by atoms with E-state index in [1.807, 2.05) is 0 Å². The second-order valence-corrected chi connectivity index (χ2v) is 16.7. The fourth-order valence-corrected chi connectivity index (χ4v) is 5.52. The molecule has 0 unspecified atom stereocenters. The summed E-state index contributed by atoms with van der Waals surface area (Å²) >= 11 is -2.66. The van der Waals surface area contributed by atoms with Gasteiger partial charge in [-0.1, -0.05) is 0 Å². The molecule has 0 aliphatic rings. The molecule has 0 radical (unpaired) electrons. The molecule has 0 bridgehead atoms. The zero-order valence-electron chi connectivity index (χ0n) is 11.7. The van der Waals surface area contributed by atoms with Gasteiger partial charge < -0.3 is 0 Å². The Morgan fingerprint density at radius 1 is 0.733 bits per heavy atom. The Morgan fingerprint density at radius 2 is 1.00 bits per heavy atom. The monoisotopic (exact) mass is 324 g/mol. The molecule has 0 aromatic rings. The molecule has 0 spiro atoms. The van der Waals surface area contributed by atoms with Crippen molar-refractivity contribution in [2.45, 2.75) is 51.4 Å². The van der Waals surface area contributed by atoms with E-state index in [2.05, 4.69) is 51.4 Å². The summed E-state index contributed by atoms with van der Waals surface area (Å²) in [5.41, 5.74) is 0.471. The van der Waals surface area contributed by atoms with Crippen LogP contribution in [-0.2, 0) is 6.15 Å². The molecular weight excluding hydrogens is 295 g/mol. The van der Waals surface area contributed by atoms with Gasteiger partial charge in [0.05, 0.1) is 0 Å². The predicted octanol–water partition coefficient (Wildman–Crippen LogP) is 3.81. The van der Waals surface area contributed by atoms with E-state index in [4.69, 9.17) is 6.15 Å². The molecule has 0 aliphatic carbocycles. The van der Waals surface area contributed by atoms with Gasteiger partial charge in [0.25, 0.3) is 0 Å². The van der Waals surface area contributed by atoms with E-state index in [1.165, 1.54) is 0 Å². The van der Waals surface area contributed by atoms with Gasteiger partial charge >= 0.3 is 101 Å². The van der Waals surface area contributed by atoms with Crippen molar-refractivity contribution in [1.82, 2.24) is 0 Å². The molecule has 0 saturated heterocycles. The summed E-state index contributed by atoms with van der Waals surface area (Å²) in [6, 6.07) is 0. The molecule has 15 heavy (non-hydrogen) atoms. The van der Waals surface area contributed by atoms with Crippen molar-refractivity contribution >= 4 is 19.2 Å². The van der Waals surface area contributed by atoms with Crippen LogP contribution < -0.4 is 0 Å². The van der Waals surface area contributed by atoms with Gasteiger partial charge in [-0.2, -0.15) is 0 Å². The van der Waals surface area contributed by atoms with Gasteiger partial charge in [-0.05, 0) is 0 Å². The average molecular weight is 323 g/mol. The third-order valence-corrected chi connectivity index (χ3v) is 6.50. The molecule has 0 saturated carbocycles. The maximum absolute atomic E-state index is 5.98. The third kappa shape index (κ3) is 11.0. The molecule has 3 heteroatoms. The summed E-state index contributed by atoms with van der Waals surface area (Å²) in [6.07, 6.45) is 0. The van der Waals surface area contributed by atoms with Crippen LogP contribution in [0.2, 0.25) is 9.88 Å².